The standard InChI is InChI=1S/C41H68N2O/c1-6-9-11-13-15-17-19-21-35(4)31-37-23-27-39(28-24-37)42-33-41(44-8-3)34-43-40-29-25-38(26-30-40)32-36(5)22-20-18-16-14-12-10-7-2/h8,23-30,35-36,41-43H,3,6-7,9-22,31-34H2,1-2,4-5H3. The zero-order valence-electron chi connectivity index (χ0n) is 29.2. The van der Waals surface area contributed by atoms with Crippen molar-refractivity contribution in [2.24, 2.45) is 11.8 Å². The van der Waals surface area contributed by atoms with Gasteiger partial charge in [0.2, 0.25) is 0 Å². The SMILES string of the molecule is C=COC(CNc1ccc(CC(C)CCCCCCCCC)cc1)CNc1ccc(CC(C)CCCCCCCCC)cc1. The van der Waals surface area contributed by atoms with Crippen LogP contribution in [-0.4, -0.2) is 19.2 Å². The summed E-state index contributed by atoms with van der Waals surface area (Å²) in [5.74, 6) is 1.49. The van der Waals surface area contributed by atoms with Gasteiger partial charge in [0.05, 0.1) is 19.4 Å². The summed E-state index contributed by atoms with van der Waals surface area (Å²) >= 11 is 0. The summed E-state index contributed by atoms with van der Waals surface area (Å²) in [6.07, 6.45) is 26.0. The molecule has 2 aromatic rings. The summed E-state index contributed by atoms with van der Waals surface area (Å²) in [4.78, 5) is 0. The van der Waals surface area contributed by atoms with Gasteiger partial charge in [-0.15, -0.1) is 0 Å². The van der Waals surface area contributed by atoms with E-state index >= 15 is 0 Å². The highest BCUT2D eigenvalue weighted by molar-refractivity contribution is 5.46. The molecular formula is C41H68N2O. The average molecular weight is 605 g/mol. The second-order valence-corrected chi connectivity index (χ2v) is 13.5. The highest BCUT2D eigenvalue weighted by atomic mass is 16.5. The lowest BCUT2D eigenvalue weighted by Gasteiger charge is -2.20. The van der Waals surface area contributed by atoms with Crippen LogP contribution in [0.4, 0.5) is 11.4 Å². The molecule has 2 rings (SSSR count). The summed E-state index contributed by atoms with van der Waals surface area (Å²) in [6, 6.07) is 18.0. The third-order valence-corrected chi connectivity index (χ3v) is 9.03. The lowest BCUT2D eigenvalue weighted by molar-refractivity contribution is 0.168. The zero-order valence-corrected chi connectivity index (χ0v) is 29.2. The minimum atomic E-state index is -0.00385. The molecule has 248 valence electrons. The van der Waals surface area contributed by atoms with Crippen molar-refractivity contribution in [1.29, 1.82) is 0 Å². The van der Waals surface area contributed by atoms with Crippen LogP contribution in [0.2, 0.25) is 0 Å². The maximum absolute atomic E-state index is 5.83. The summed E-state index contributed by atoms with van der Waals surface area (Å²) in [6.45, 7) is 14.6. The Morgan fingerprint density at radius 3 is 1.30 bits per heavy atom. The summed E-state index contributed by atoms with van der Waals surface area (Å²) in [7, 11) is 0. The monoisotopic (exact) mass is 605 g/mol. The van der Waals surface area contributed by atoms with Gasteiger partial charge in [0.15, 0.2) is 0 Å². The van der Waals surface area contributed by atoms with Gasteiger partial charge in [0, 0.05) is 11.4 Å². The molecule has 3 heteroatoms. The van der Waals surface area contributed by atoms with Crippen molar-refractivity contribution in [1.82, 2.24) is 0 Å². The van der Waals surface area contributed by atoms with Crippen LogP contribution >= 0.6 is 0 Å². The minimum absolute atomic E-state index is 0.00385. The number of rotatable bonds is 28. The fraction of sp³-hybridized carbons (Fsp3) is 0.659. The molecule has 0 fully saturated rings. The van der Waals surface area contributed by atoms with E-state index < -0.39 is 0 Å². The summed E-state index contributed by atoms with van der Waals surface area (Å²) < 4.78 is 5.83. The number of anilines is 2. The van der Waals surface area contributed by atoms with Gasteiger partial charge in [-0.05, 0) is 60.1 Å². The normalized spacial score (nSPS) is 13.3. The van der Waals surface area contributed by atoms with Gasteiger partial charge in [-0.2, -0.15) is 0 Å². The van der Waals surface area contributed by atoms with E-state index in [9.17, 15) is 0 Å². The Hall–Kier alpha value is -2.42. The highest BCUT2D eigenvalue weighted by Crippen LogP contribution is 2.20. The smallest absolute Gasteiger partial charge is 0.132 e. The van der Waals surface area contributed by atoms with E-state index in [0.717, 1.165) is 36.3 Å². The minimum Gasteiger partial charge on any atom is -0.495 e. The van der Waals surface area contributed by atoms with Gasteiger partial charge in [-0.25, -0.2) is 0 Å². The van der Waals surface area contributed by atoms with Crippen LogP contribution in [-0.2, 0) is 17.6 Å². The quantitative estimate of drug-likeness (QED) is 0.0748. The van der Waals surface area contributed by atoms with Crippen LogP contribution in [0.5, 0.6) is 0 Å². The number of hydrogen-bond acceptors (Lipinski definition) is 3. The molecule has 0 radical (unpaired) electrons. The fourth-order valence-corrected chi connectivity index (χ4v) is 6.19. The second-order valence-electron chi connectivity index (χ2n) is 13.5. The molecule has 0 spiro atoms. The average Bonchev–Trinajstić information content (AvgIpc) is 3.03. The van der Waals surface area contributed by atoms with Crippen LogP contribution in [0, 0.1) is 11.8 Å². The van der Waals surface area contributed by atoms with E-state index in [2.05, 4.69) is 93.4 Å². The number of unbranched alkanes of at least 4 members (excludes halogenated alkanes) is 12. The van der Waals surface area contributed by atoms with Crippen molar-refractivity contribution < 1.29 is 4.74 Å². The lowest BCUT2D eigenvalue weighted by atomic mass is 9.95. The second kappa shape index (κ2) is 24.8. The lowest BCUT2D eigenvalue weighted by Crippen LogP contribution is -2.29. The maximum atomic E-state index is 5.83. The van der Waals surface area contributed by atoms with Gasteiger partial charge in [0.1, 0.15) is 6.10 Å². The predicted molar refractivity (Wildman–Crippen MR) is 196 cm³/mol. The van der Waals surface area contributed by atoms with Crippen molar-refractivity contribution in [3.63, 3.8) is 0 Å². The Balaban J connectivity index is 1.65. The molecule has 0 aliphatic heterocycles. The molecule has 0 aliphatic rings. The molecule has 0 bridgehead atoms. The molecule has 0 heterocycles. The van der Waals surface area contributed by atoms with E-state index in [0.29, 0.717) is 0 Å². The molecule has 2 atom stereocenters. The molecule has 3 nitrogen and oxygen atoms in total. The van der Waals surface area contributed by atoms with Gasteiger partial charge in [0.25, 0.3) is 0 Å². The third-order valence-electron chi connectivity index (χ3n) is 9.03. The number of ether oxygens (including phenoxy) is 1. The van der Waals surface area contributed by atoms with Crippen LogP contribution in [0.3, 0.4) is 0 Å². The van der Waals surface area contributed by atoms with E-state index in [4.69, 9.17) is 4.74 Å². The predicted octanol–water partition coefficient (Wildman–Crippen LogP) is 12.4. The Bertz CT molecular complexity index is 865. The van der Waals surface area contributed by atoms with E-state index in [-0.39, 0.29) is 6.10 Å². The Labute approximate surface area is 273 Å². The molecule has 0 saturated carbocycles. The molecular weight excluding hydrogens is 536 g/mol. The van der Waals surface area contributed by atoms with Crippen molar-refractivity contribution in [2.45, 2.75) is 149 Å². The highest BCUT2D eigenvalue weighted by Gasteiger charge is 2.10. The molecule has 2 unspecified atom stereocenters. The first-order chi connectivity index (χ1) is 21.5. The third kappa shape index (κ3) is 18.4. The molecule has 44 heavy (non-hydrogen) atoms. The van der Waals surface area contributed by atoms with Crippen molar-refractivity contribution >= 4 is 11.4 Å². The van der Waals surface area contributed by atoms with Crippen LogP contribution < -0.4 is 10.6 Å². The van der Waals surface area contributed by atoms with Crippen LogP contribution in [0.15, 0.2) is 61.4 Å². The summed E-state index contributed by atoms with van der Waals surface area (Å²) in [5, 5.41) is 7.12. The zero-order chi connectivity index (χ0) is 31.7. The van der Waals surface area contributed by atoms with Crippen molar-refractivity contribution in [3.8, 4) is 0 Å². The molecule has 0 aliphatic carbocycles. The first-order valence-electron chi connectivity index (χ1n) is 18.5. The van der Waals surface area contributed by atoms with Crippen LogP contribution in [0.1, 0.15) is 142 Å². The Morgan fingerprint density at radius 2 is 0.932 bits per heavy atom. The largest absolute Gasteiger partial charge is 0.495 e. The number of hydrogen-bond donors (Lipinski definition) is 2. The Morgan fingerprint density at radius 1 is 0.568 bits per heavy atom. The van der Waals surface area contributed by atoms with Crippen molar-refractivity contribution in [2.75, 3.05) is 23.7 Å². The van der Waals surface area contributed by atoms with Gasteiger partial charge in [-0.3, -0.25) is 0 Å². The topological polar surface area (TPSA) is 33.3 Å². The first-order valence-corrected chi connectivity index (χ1v) is 18.5. The number of benzene rings is 2. The molecule has 0 saturated heterocycles. The van der Waals surface area contributed by atoms with Gasteiger partial charge in [-0.1, -0.05) is 161 Å². The molecule has 2 aromatic carbocycles. The van der Waals surface area contributed by atoms with Crippen LogP contribution in [0.25, 0.3) is 0 Å². The van der Waals surface area contributed by atoms with E-state index in [1.54, 1.807) is 6.26 Å². The Kier molecular flexibility index (Phi) is 21.3. The fourth-order valence-electron chi connectivity index (χ4n) is 6.19. The summed E-state index contributed by atoms with van der Waals surface area (Å²) in [5.41, 5.74) is 5.15. The van der Waals surface area contributed by atoms with E-state index in [1.165, 1.54) is 127 Å². The van der Waals surface area contributed by atoms with Gasteiger partial charge >= 0.3 is 0 Å². The molecule has 2 N–H and O–H groups in total. The number of nitrogens with one attached hydrogen (secondary N) is 2. The first kappa shape index (κ1) is 37.8. The van der Waals surface area contributed by atoms with Gasteiger partial charge < -0.3 is 15.4 Å². The molecule has 0 aromatic heterocycles. The van der Waals surface area contributed by atoms with E-state index in [1.807, 2.05) is 0 Å². The maximum Gasteiger partial charge on any atom is 0.132 e. The molecule has 0 amide bonds. The van der Waals surface area contributed by atoms with Crippen molar-refractivity contribution in [3.05, 3.63) is 72.5 Å².